The smallest absolute Gasteiger partial charge is 0.342 e. The van der Waals surface area contributed by atoms with Crippen LogP contribution in [-0.2, 0) is 11.3 Å². The van der Waals surface area contributed by atoms with Crippen molar-refractivity contribution in [1.82, 2.24) is 9.55 Å². The molecule has 118 valence electrons. The molecule has 0 spiro atoms. The molecule has 0 bridgehead atoms. The van der Waals surface area contributed by atoms with Crippen LogP contribution in [0.4, 0.5) is 5.82 Å². The summed E-state index contributed by atoms with van der Waals surface area (Å²) in [6.45, 7) is 9.89. The van der Waals surface area contributed by atoms with Crippen molar-refractivity contribution in [2.24, 2.45) is 0 Å². The summed E-state index contributed by atoms with van der Waals surface area (Å²) in [7, 11) is 0. The number of nitrogens with zero attached hydrogens (tertiary/aromatic N) is 2. The fourth-order valence-electron chi connectivity index (χ4n) is 2.34. The molecule has 2 N–H and O–H groups in total. The van der Waals surface area contributed by atoms with Gasteiger partial charge in [-0.25, -0.2) is 4.79 Å². The molecule has 0 atom stereocenters. The average molecular weight is 301 g/mol. The first-order chi connectivity index (χ1) is 10.2. The summed E-state index contributed by atoms with van der Waals surface area (Å²) in [5.41, 5.74) is 8.80. The van der Waals surface area contributed by atoms with E-state index in [-0.39, 0.29) is 5.97 Å². The Hall–Kier alpha value is -2.30. The lowest BCUT2D eigenvalue weighted by molar-refractivity contribution is 0.00701. The van der Waals surface area contributed by atoms with Crippen LogP contribution >= 0.6 is 0 Å². The van der Waals surface area contributed by atoms with Gasteiger partial charge in [0.25, 0.3) is 0 Å². The summed E-state index contributed by atoms with van der Waals surface area (Å²) in [6.07, 6.45) is 1.74. The van der Waals surface area contributed by atoms with Gasteiger partial charge in [-0.15, -0.1) is 0 Å². The van der Waals surface area contributed by atoms with E-state index in [2.05, 4.69) is 4.98 Å². The summed E-state index contributed by atoms with van der Waals surface area (Å²) in [5.74, 6) is 0.0419. The van der Waals surface area contributed by atoms with E-state index in [4.69, 9.17) is 10.5 Å². The molecule has 0 aliphatic heterocycles. The van der Waals surface area contributed by atoms with Crippen molar-refractivity contribution < 1.29 is 9.53 Å². The number of hydrogen-bond donors (Lipinski definition) is 1. The molecule has 0 radical (unpaired) electrons. The van der Waals surface area contributed by atoms with E-state index in [0.717, 1.165) is 17.0 Å². The average Bonchev–Trinajstić information content (AvgIpc) is 2.62. The highest BCUT2D eigenvalue weighted by Gasteiger charge is 2.26. The second kappa shape index (κ2) is 5.83. The molecule has 2 heterocycles. The Kier molecular flexibility index (Phi) is 4.26. The van der Waals surface area contributed by atoms with Crippen LogP contribution in [0.25, 0.3) is 0 Å². The Labute approximate surface area is 131 Å². The first-order valence-electron chi connectivity index (χ1n) is 7.29. The van der Waals surface area contributed by atoms with Crippen LogP contribution in [0.15, 0.2) is 24.4 Å². The van der Waals surface area contributed by atoms with Crippen LogP contribution in [0, 0.1) is 13.8 Å². The van der Waals surface area contributed by atoms with E-state index in [1.54, 1.807) is 6.20 Å². The van der Waals surface area contributed by atoms with E-state index in [1.807, 2.05) is 57.4 Å². The molecule has 0 unspecified atom stereocenters. The number of ether oxygens (including phenoxy) is 1. The topological polar surface area (TPSA) is 70.1 Å². The fourth-order valence-corrected chi connectivity index (χ4v) is 2.34. The summed E-state index contributed by atoms with van der Waals surface area (Å²) >= 11 is 0. The minimum Gasteiger partial charge on any atom is -0.456 e. The lowest BCUT2D eigenvalue weighted by Crippen LogP contribution is -2.24. The Morgan fingerprint density at radius 3 is 2.55 bits per heavy atom. The van der Waals surface area contributed by atoms with Gasteiger partial charge in [0.05, 0.1) is 12.2 Å². The number of nitrogen functional groups attached to an aromatic ring is 1. The van der Waals surface area contributed by atoms with Crippen molar-refractivity contribution >= 4 is 11.8 Å². The third-order valence-corrected chi connectivity index (χ3v) is 3.52. The van der Waals surface area contributed by atoms with Crippen LogP contribution in [0.5, 0.6) is 0 Å². The van der Waals surface area contributed by atoms with E-state index in [0.29, 0.717) is 17.9 Å². The largest absolute Gasteiger partial charge is 0.456 e. The van der Waals surface area contributed by atoms with Gasteiger partial charge in [-0.3, -0.25) is 4.98 Å². The minimum absolute atomic E-state index is 0.384. The second-order valence-corrected chi connectivity index (χ2v) is 6.38. The number of aromatic nitrogens is 2. The van der Waals surface area contributed by atoms with Gasteiger partial charge in [0, 0.05) is 11.9 Å². The van der Waals surface area contributed by atoms with Crippen molar-refractivity contribution in [3.63, 3.8) is 0 Å². The number of carbonyl (C=O) groups is 1. The molecule has 2 aromatic heterocycles. The van der Waals surface area contributed by atoms with E-state index in [1.165, 1.54) is 0 Å². The van der Waals surface area contributed by atoms with Gasteiger partial charge in [-0.1, -0.05) is 6.07 Å². The third kappa shape index (κ3) is 3.30. The van der Waals surface area contributed by atoms with Crippen molar-refractivity contribution in [2.75, 3.05) is 5.73 Å². The summed E-state index contributed by atoms with van der Waals surface area (Å²) < 4.78 is 7.36. The lowest BCUT2D eigenvalue weighted by Gasteiger charge is -2.19. The second-order valence-electron chi connectivity index (χ2n) is 6.38. The molecular weight excluding hydrogens is 278 g/mol. The van der Waals surface area contributed by atoms with Crippen molar-refractivity contribution in [3.8, 4) is 0 Å². The quantitative estimate of drug-likeness (QED) is 0.884. The maximum atomic E-state index is 12.4. The standard InChI is InChI=1S/C17H23N3O2/c1-11-12(2)20(10-13-8-6-7-9-19-13)15(18)14(11)16(21)22-17(3,4)5/h6-9H,10,18H2,1-5H3. The zero-order valence-corrected chi connectivity index (χ0v) is 13.8. The molecule has 0 saturated carbocycles. The molecule has 5 nitrogen and oxygen atoms in total. The Morgan fingerprint density at radius 1 is 1.32 bits per heavy atom. The molecule has 2 rings (SSSR count). The first kappa shape index (κ1) is 16.1. The Balaban J connectivity index is 2.38. The molecule has 5 heteroatoms. The fraction of sp³-hybridized carbons (Fsp3) is 0.412. The summed E-state index contributed by atoms with van der Waals surface area (Å²) in [6, 6.07) is 5.73. The van der Waals surface area contributed by atoms with Gasteiger partial charge < -0.3 is 15.0 Å². The molecule has 0 aromatic carbocycles. The van der Waals surface area contributed by atoms with Gasteiger partial charge in [0.2, 0.25) is 0 Å². The van der Waals surface area contributed by atoms with Crippen LogP contribution in [-0.4, -0.2) is 21.1 Å². The normalized spacial score (nSPS) is 11.5. The molecule has 22 heavy (non-hydrogen) atoms. The minimum atomic E-state index is -0.549. The number of nitrogens with two attached hydrogens (primary N) is 1. The van der Waals surface area contributed by atoms with Crippen molar-refractivity contribution in [1.29, 1.82) is 0 Å². The van der Waals surface area contributed by atoms with Gasteiger partial charge in [0.15, 0.2) is 0 Å². The predicted molar refractivity (Wildman–Crippen MR) is 86.8 cm³/mol. The molecule has 0 aliphatic carbocycles. The number of anilines is 1. The number of carbonyl (C=O) groups excluding carboxylic acids is 1. The van der Waals surface area contributed by atoms with Crippen LogP contribution in [0.1, 0.15) is 48.1 Å². The SMILES string of the molecule is Cc1c(C(=O)OC(C)(C)C)c(N)n(Cc2ccccn2)c1C. The third-order valence-electron chi connectivity index (χ3n) is 3.52. The maximum absolute atomic E-state index is 12.4. The first-order valence-corrected chi connectivity index (χ1v) is 7.29. The van der Waals surface area contributed by atoms with Gasteiger partial charge >= 0.3 is 5.97 Å². The summed E-state index contributed by atoms with van der Waals surface area (Å²) in [5, 5.41) is 0. The summed E-state index contributed by atoms with van der Waals surface area (Å²) in [4.78, 5) is 16.7. The maximum Gasteiger partial charge on any atom is 0.342 e. The Morgan fingerprint density at radius 2 is 2.00 bits per heavy atom. The molecule has 0 amide bonds. The zero-order chi connectivity index (χ0) is 16.5. The number of esters is 1. The van der Waals surface area contributed by atoms with Crippen molar-refractivity contribution in [3.05, 3.63) is 46.9 Å². The lowest BCUT2D eigenvalue weighted by atomic mass is 10.1. The number of pyridine rings is 1. The highest BCUT2D eigenvalue weighted by molar-refractivity contribution is 5.97. The van der Waals surface area contributed by atoms with E-state index in [9.17, 15) is 4.79 Å². The number of rotatable bonds is 3. The molecule has 0 fully saturated rings. The highest BCUT2D eigenvalue weighted by atomic mass is 16.6. The predicted octanol–water partition coefficient (Wildman–Crippen LogP) is 3.09. The van der Waals surface area contributed by atoms with Gasteiger partial charge in [0.1, 0.15) is 17.0 Å². The van der Waals surface area contributed by atoms with Crippen LogP contribution in [0.2, 0.25) is 0 Å². The van der Waals surface area contributed by atoms with E-state index < -0.39 is 5.60 Å². The highest BCUT2D eigenvalue weighted by Crippen LogP contribution is 2.27. The molecule has 0 saturated heterocycles. The molecular formula is C17H23N3O2. The van der Waals surface area contributed by atoms with Crippen molar-refractivity contribution in [2.45, 2.75) is 46.8 Å². The Bertz CT molecular complexity index is 682. The van der Waals surface area contributed by atoms with E-state index >= 15 is 0 Å². The van der Waals surface area contributed by atoms with Gasteiger partial charge in [-0.2, -0.15) is 0 Å². The monoisotopic (exact) mass is 301 g/mol. The molecule has 0 aliphatic rings. The zero-order valence-electron chi connectivity index (χ0n) is 13.8. The van der Waals surface area contributed by atoms with Crippen LogP contribution in [0.3, 0.4) is 0 Å². The van der Waals surface area contributed by atoms with Gasteiger partial charge in [-0.05, 0) is 52.3 Å². The van der Waals surface area contributed by atoms with Crippen LogP contribution < -0.4 is 5.73 Å². The number of hydrogen-bond acceptors (Lipinski definition) is 4. The molecule has 2 aromatic rings.